The van der Waals surface area contributed by atoms with Crippen LogP contribution in [0.5, 0.6) is 5.75 Å². The molecule has 1 unspecified atom stereocenters. The summed E-state index contributed by atoms with van der Waals surface area (Å²) in [7, 11) is -0.740. The van der Waals surface area contributed by atoms with Gasteiger partial charge in [-0.25, -0.2) is 8.42 Å². The summed E-state index contributed by atoms with van der Waals surface area (Å²) in [6.07, 6.45) is 5.46. The van der Waals surface area contributed by atoms with E-state index in [-0.39, 0.29) is 17.5 Å². The molecule has 5 rings (SSSR count). The predicted octanol–water partition coefficient (Wildman–Crippen LogP) is 5.37. The number of allylic oxidation sites excluding steroid dienone is 1. The molecule has 0 heterocycles. The molecule has 0 radical (unpaired) electrons. The van der Waals surface area contributed by atoms with Gasteiger partial charge in [-0.2, -0.15) is 8.78 Å². The number of ether oxygens (including phenoxy) is 1. The van der Waals surface area contributed by atoms with Crippen molar-refractivity contribution in [1.82, 2.24) is 5.32 Å². The zero-order valence-electron chi connectivity index (χ0n) is 23.9. The largest absolute Gasteiger partial charge is 0.496 e. The predicted molar refractivity (Wildman–Crippen MR) is 166 cm³/mol. The highest BCUT2D eigenvalue weighted by atomic mass is 32.2. The molecule has 5 atom stereocenters. The van der Waals surface area contributed by atoms with E-state index in [1.165, 1.54) is 19.2 Å². The van der Waals surface area contributed by atoms with E-state index in [4.69, 9.17) is 4.74 Å². The van der Waals surface area contributed by atoms with Crippen LogP contribution < -0.4 is 20.7 Å². The zero-order chi connectivity index (χ0) is 31.1. The number of fused-ring (bicyclic) bond motifs is 2. The molecule has 0 saturated heterocycles. The molecule has 11 heteroatoms. The van der Waals surface area contributed by atoms with E-state index in [1.807, 2.05) is 30.4 Å². The van der Waals surface area contributed by atoms with Gasteiger partial charge in [-0.15, -0.1) is 9.24 Å². The SMILES string of the molecule is CCc1cccc(-c2cc(C(=O)N[C@H]3[C@@H](C(=O)Nc4cccc(S(=O)(=O)C(C)(F)F)c4)[C@@H]4C=C[C@H]3C4)c(OC)cc2P)c1. The molecule has 0 spiro atoms. The van der Waals surface area contributed by atoms with Crippen LogP contribution in [-0.2, 0) is 21.1 Å². The maximum atomic E-state index is 13.8. The number of sulfone groups is 1. The second-order valence-corrected chi connectivity index (χ2v) is 13.8. The molecule has 3 aromatic rings. The minimum atomic E-state index is -4.92. The van der Waals surface area contributed by atoms with Crippen LogP contribution in [0.4, 0.5) is 14.5 Å². The highest BCUT2D eigenvalue weighted by molar-refractivity contribution is 7.92. The van der Waals surface area contributed by atoms with Crippen molar-refractivity contribution in [2.75, 3.05) is 12.4 Å². The van der Waals surface area contributed by atoms with Crippen molar-refractivity contribution in [3.63, 3.8) is 0 Å². The monoisotopic (exact) mass is 626 g/mol. The third-order valence-corrected chi connectivity index (χ3v) is 10.5. The average Bonchev–Trinajstić information content (AvgIpc) is 3.58. The standard InChI is InChI=1S/C32H33F2N2O5PS/c1-4-18-7-5-8-19(13-18)24-16-25(26(41-3)17-27(24)42)30(37)36-29-21-12-11-20(14-21)28(29)31(38)35-22-9-6-10-23(15-22)43(39,40)32(2,33)34/h5-13,15-17,20-21,28-29H,4,14,42H2,1-3H3,(H,35,38)(H,36,37)/t20-,21+,28+,29-/m1/s1. The number of benzene rings is 3. The second kappa shape index (κ2) is 11.8. The molecule has 0 aromatic heterocycles. The van der Waals surface area contributed by atoms with Crippen molar-refractivity contribution in [2.24, 2.45) is 17.8 Å². The van der Waals surface area contributed by atoms with Crippen LogP contribution in [-0.4, -0.2) is 38.6 Å². The first-order valence-electron chi connectivity index (χ1n) is 13.9. The summed E-state index contributed by atoms with van der Waals surface area (Å²) in [5, 5.41) is 2.64. The first kappa shape index (κ1) is 30.8. The maximum absolute atomic E-state index is 13.8. The van der Waals surface area contributed by atoms with E-state index in [9.17, 15) is 26.8 Å². The highest BCUT2D eigenvalue weighted by Gasteiger charge is 2.49. The van der Waals surface area contributed by atoms with Gasteiger partial charge in [0.25, 0.3) is 5.91 Å². The highest BCUT2D eigenvalue weighted by Crippen LogP contribution is 2.44. The normalized spacial score (nSPS) is 21.1. The van der Waals surface area contributed by atoms with Gasteiger partial charge in [-0.3, -0.25) is 9.59 Å². The fourth-order valence-electron chi connectivity index (χ4n) is 5.93. The summed E-state index contributed by atoms with van der Waals surface area (Å²) in [6, 6.07) is 15.9. The zero-order valence-corrected chi connectivity index (χ0v) is 25.9. The number of nitrogens with one attached hydrogen (secondary N) is 2. The third kappa shape index (κ3) is 5.95. The van der Waals surface area contributed by atoms with Gasteiger partial charge in [-0.1, -0.05) is 49.4 Å². The van der Waals surface area contributed by atoms with Crippen LogP contribution in [0.1, 0.15) is 36.2 Å². The Balaban J connectivity index is 1.40. The summed E-state index contributed by atoms with van der Waals surface area (Å²) in [5.41, 5.74) is 3.39. The Morgan fingerprint density at radius 3 is 2.47 bits per heavy atom. The molecule has 2 aliphatic carbocycles. The van der Waals surface area contributed by atoms with E-state index in [0.29, 0.717) is 24.7 Å². The van der Waals surface area contributed by atoms with Crippen molar-refractivity contribution < 1.29 is 31.5 Å². The summed E-state index contributed by atoms with van der Waals surface area (Å²) in [4.78, 5) is 26.7. The molecule has 2 aliphatic rings. The minimum absolute atomic E-state index is 0.0730. The molecule has 2 amide bonds. The third-order valence-electron chi connectivity index (χ3n) is 8.21. The van der Waals surface area contributed by atoms with Crippen LogP contribution in [0.3, 0.4) is 0 Å². The quantitative estimate of drug-likeness (QED) is 0.246. The summed E-state index contributed by atoms with van der Waals surface area (Å²) in [6.45, 7) is 2.39. The Labute approximate surface area is 252 Å². The lowest BCUT2D eigenvalue weighted by Gasteiger charge is -2.28. The van der Waals surface area contributed by atoms with Crippen LogP contribution in [0, 0.1) is 17.8 Å². The molecule has 1 saturated carbocycles. The molecule has 43 heavy (non-hydrogen) atoms. The molecule has 226 valence electrons. The Hall–Kier alpha value is -3.62. The fourth-order valence-corrected chi connectivity index (χ4v) is 7.28. The van der Waals surface area contributed by atoms with Crippen molar-refractivity contribution in [3.05, 3.63) is 83.9 Å². The molecule has 2 N–H and O–H groups in total. The van der Waals surface area contributed by atoms with E-state index in [0.717, 1.165) is 40.5 Å². The van der Waals surface area contributed by atoms with E-state index in [2.05, 4.69) is 32.9 Å². The van der Waals surface area contributed by atoms with Crippen LogP contribution >= 0.6 is 9.24 Å². The number of alkyl halides is 2. The van der Waals surface area contributed by atoms with Gasteiger partial charge < -0.3 is 15.4 Å². The number of anilines is 1. The topological polar surface area (TPSA) is 102 Å². The van der Waals surface area contributed by atoms with Gasteiger partial charge in [0.05, 0.1) is 23.5 Å². The van der Waals surface area contributed by atoms with Crippen LogP contribution in [0.25, 0.3) is 11.1 Å². The first-order chi connectivity index (χ1) is 20.3. The molecular weight excluding hydrogens is 593 g/mol. The number of aryl methyl sites for hydroxylation is 1. The molecule has 3 aromatic carbocycles. The summed E-state index contributed by atoms with van der Waals surface area (Å²) >= 11 is 0. The van der Waals surface area contributed by atoms with Crippen LogP contribution in [0.2, 0.25) is 0 Å². The molecule has 7 nitrogen and oxygen atoms in total. The Bertz CT molecular complexity index is 1720. The number of methoxy groups -OCH3 is 1. The molecule has 2 bridgehead atoms. The van der Waals surface area contributed by atoms with Crippen molar-refractivity contribution >= 4 is 41.9 Å². The van der Waals surface area contributed by atoms with Gasteiger partial charge in [-0.05, 0) is 77.0 Å². The number of hydrogen-bond donors (Lipinski definition) is 2. The summed E-state index contributed by atoms with van der Waals surface area (Å²) < 4.78 is 57.5. The Morgan fingerprint density at radius 1 is 1.05 bits per heavy atom. The minimum Gasteiger partial charge on any atom is -0.496 e. The van der Waals surface area contributed by atoms with Crippen molar-refractivity contribution in [1.29, 1.82) is 0 Å². The molecular formula is C32H33F2N2O5PS. The summed E-state index contributed by atoms with van der Waals surface area (Å²) in [5.74, 6) is -1.32. The van der Waals surface area contributed by atoms with E-state index in [1.54, 1.807) is 12.1 Å². The van der Waals surface area contributed by atoms with Gasteiger partial charge in [0.2, 0.25) is 15.7 Å². The number of carbonyl (C=O) groups is 2. The first-order valence-corrected chi connectivity index (χ1v) is 16.0. The van der Waals surface area contributed by atoms with Crippen molar-refractivity contribution in [2.45, 2.75) is 42.9 Å². The molecule has 1 fully saturated rings. The fraction of sp³-hybridized carbons (Fsp3) is 0.312. The van der Waals surface area contributed by atoms with Crippen LogP contribution in [0.15, 0.2) is 77.7 Å². The number of halogens is 2. The Kier molecular flexibility index (Phi) is 8.47. The van der Waals surface area contributed by atoms with Crippen molar-refractivity contribution in [3.8, 4) is 16.9 Å². The smallest absolute Gasteiger partial charge is 0.347 e. The maximum Gasteiger partial charge on any atom is 0.347 e. The number of carbonyl (C=O) groups excluding carboxylic acids is 2. The van der Waals surface area contributed by atoms with Gasteiger partial charge in [0, 0.05) is 18.7 Å². The lowest BCUT2D eigenvalue weighted by molar-refractivity contribution is -0.121. The van der Waals surface area contributed by atoms with Gasteiger partial charge >= 0.3 is 5.25 Å². The molecule has 0 aliphatic heterocycles. The average molecular weight is 627 g/mol. The number of rotatable bonds is 9. The lowest BCUT2D eigenvalue weighted by Crippen LogP contribution is -2.47. The Morgan fingerprint density at radius 2 is 1.77 bits per heavy atom. The lowest BCUT2D eigenvalue weighted by atomic mass is 9.87. The second-order valence-electron chi connectivity index (χ2n) is 11.0. The van der Waals surface area contributed by atoms with E-state index >= 15 is 0 Å². The van der Waals surface area contributed by atoms with Gasteiger partial charge in [0.1, 0.15) is 5.75 Å². The van der Waals surface area contributed by atoms with E-state index < -0.39 is 43.8 Å². The van der Waals surface area contributed by atoms with Gasteiger partial charge in [0.15, 0.2) is 0 Å². The number of amides is 2. The number of hydrogen-bond acceptors (Lipinski definition) is 5.